The second-order valence-electron chi connectivity index (χ2n) is 3.19. The van der Waals surface area contributed by atoms with Gasteiger partial charge in [-0.1, -0.05) is 0 Å². The van der Waals surface area contributed by atoms with Gasteiger partial charge in [-0.25, -0.2) is 4.39 Å². The molecule has 62 valence electrons. The first-order chi connectivity index (χ1) is 5.24. The Hall–Kier alpha value is -0.620. The lowest BCUT2D eigenvalue weighted by Crippen LogP contribution is -2.38. The van der Waals surface area contributed by atoms with Gasteiger partial charge in [0.15, 0.2) is 0 Å². The van der Waals surface area contributed by atoms with E-state index in [2.05, 4.69) is 4.90 Å². The van der Waals surface area contributed by atoms with Gasteiger partial charge in [-0.3, -0.25) is 0 Å². The molecule has 0 radical (unpaired) electrons. The molecule has 0 aromatic rings. The molecule has 1 aliphatic rings. The van der Waals surface area contributed by atoms with E-state index >= 15 is 0 Å². The summed E-state index contributed by atoms with van der Waals surface area (Å²) in [6.45, 7) is 1.55. The molecule has 0 saturated carbocycles. The Morgan fingerprint density at radius 1 is 1.73 bits per heavy atom. The van der Waals surface area contributed by atoms with Crippen LogP contribution in [0.5, 0.6) is 0 Å². The number of nitriles is 1. The Bertz CT molecular complexity index is 164. The first-order valence-corrected chi connectivity index (χ1v) is 3.93. The molecule has 0 amide bonds. The van der Waals surface area contributed by atoms with E-state index in [0.29, 0.717) is 12.8 Å². The second kappa shape index (κ2) is 3.68. The van der Waals surface area contributed by atoms with E-state index in [9.17, 15) is 4.39 Å². The van der Waals surface area contributed by atoms with Crippen LogP contribution >= 0.6 is 0 Å². The first-order valence-electron chi connectivity index (χ1n) is 3.93. The molecular formula is C8H13FN2. The third-order valence-corrected chi connectivity index (χ3v) is 2.20. The molecule has 0 aromatic carbocycles. The van der Waals surface area contributed by atoms with Gasteiger partial charge in [0.05, 0.1) is 6.07 Å². The van der Waals surface area contributed by atoms with Crippen LogP contribution in [0.1, 0.15) is 12.8 Å². The molecule has 0 unspecified atom stereocenters. The number of nitrogens with zero attached hydrogens (tertiary/aromatic N) is 2. The summed E-state index contributed by atoms with van der Waals surface area (Å²) in [7, 11) is 1.97. The zero-order chi connectivity index (χ0) is 8.27. The number of likely N-dealkylation sites (tertiary alicyclic amines) is 1. The summed E-state index contributed by atoms with van der Waals surface area (Å²) in [4.78, 5) is 2.08. The van der Waals surface area contributed by atoms with Crippen LogP contribution in [0.25, 0.3) is 0 Å². The van der Waals surface area contributed by atoms with E-state index in [1.54, 1.807) is 0 Å². The molecule has 0 N–H and O–H groups in total. The lowest BCUT2D eigenvalue weighted by atomic mass is 9.94. The molecule has 1 rings (SSSR count). The van der Waals surface area contributed by atoms with Gasteiger partial charge >= 0.3 is 0 Å². The maximum atomic E-state index is 13.0. The topological polar surface area (TPSA) is 27.0 Å². The van der Waals surface area contributed by atoms with Crippen molar-refractivity contribution < 1.29 is 4.39 Å². The Kier molecular flexibility index (Phi) is 2.84. The Morgan fingerprint density at radius 2 is 2.45 bits per heavy atom. The standard InChI is InChI=1S/C8H13FN2/c1-11-5-3-8(9)7(6-11)2-4-10/h7-8H,2-3,5-6H2,1H3/t7-,8+/m0/s1. The minimum absolute atomic E-state index is 0.0567. The van der Waals surface area contributed by atoms with Crippen LogP contribution in [0.2, 0.25) is 0 Å². The van der Waals surface area contributed by atoms with Gasteiger partial charge in [0.25, 0.3) is 0 Å². The summed E-state index contributed by atoms with van der Waals surface area (Å²) >= 11 is 0. The van der Waals surface area contributed by atoms with Crippen LogP contribution in [-0.4, -0.2) is 31.2 Å². The molecule has 1 heterocycles. The normalized spacial score (nSPS) is 33.2. The fraction of sp³-hybridized carbons (Fsp3) is 0.875. The molecule has 0 aromatic heterocycles. The van der Waals surface area contributed by atoms with Gasteiger partial charge in [-0.05, 0) is 13.5 Å². The predicted octanol–water partition coefficient (Wildman–Crippen LogP) is 1.19. The van der Waals surface area contributed by atoms with Crippen LogP contribution in [0.3, 0.4) is 0 Å². The Balaban J connectivity index is 2.42. The highest BCUT2D eigenvalue weighted by molar-refractivity contribution is 4.85. The highest BCUT2D eigenvalue weighted by Crippen LogP contribution is 2.21. The van der Waals surface area contributed by atoms with Crippen molar-refractivity contribution in [3.05, 3.63) is 0 Å². The van der Waals surface area contributed by atoms with Gasteiger partial charge in [0.2, 0.25) is 0 Å². The van der Waals surface area contributed by atoms with E-state index in [-0.39, 0.29) is 5.92 Å². The van der Waals surface area contributed by atoms with Crippen molar-refractivity contribution >= 4 is 0 Å². The zero-order valence-electron chi connectivity index (χ0n) is 6.76. The summed E-state index contributed by atoms with van der Waals surface area (Å²) in [5, 5.41) is 8.39. The summed E-state index contributed by atoms with van der Waals surface area (Å²) < 4.78 is 13.0. The van der Waals surface area contributed by atoms with Crippen LogP contribution in [0, 0.1) is 17.2 Å². The van der Waals surface area contributed by atoms with Crippen LogP contribution < -0.4 is 0 Å². The molecule has 3 heteroatoms. The van der Waals surface area contributed by atoms with Crippen LogP contribution in [0.15, 0.2) is 0 Å². The van der Waals surface area contributed by atoms with Crippen molar-refractivity contribution in [3.8, 4) is 6.07 Å². The predicted molar refractivity (Wildman–Crippen MR) is 40.7 cm³/mol. The lowest BCUT2D eigenvalue weighted by molar-refractivity contribution is 0.107. The average Bonchev–Trinajstić information content (AvgIpc) is 1.98. The molecule has 2 nitrogen and oxygen atoms in total. The lowest BCUT2D eigenvalue weighted by Gasteiger charge is -2.31. The maximum absolute atomic E-state index is 13.0. The molecular weight excluding hydrogens is 143 g/mol. The number of alkyl halides is 1. The average molecular weight is 156 g/mol. The van der Waals surface area contributed by atoms with Crippen molar-refractivity contribution in [1.29, 1.82) is 5.26 Å². The maximum Gasteiger partial charge on any atom is 0.106 e. The largest absolute Gasteiger partial charge is 0.306 e. The van der Waals surface area contributed by atoms with Crippen molar-refractivity contribution in [1.82, 2.24) is 4.90 Å². The van der Waals surface area contributed by atoms with Crippen LogP contribution in [0.4, 0.5) is 4.39 Å². The number of rotatable bonds is 1. The van der Waals surface area contributed by atoms with Gasteiger partial charge in [0, 0.05) is 25.4 Å². The molecule has 0 bridgehead atoms. The third kappa shape index (κ3) is 2.16. The molecule has 1 fully saturated rings. The van der Waals surface area contributed by atoms with E-state index in [4.69, 9.17) is 5.26 Å². The van der Waals surface area contributed by atoms with E-state index in [0.717, 1.165) is 13.1 Å². The summed E-state index contributed by atoms with van der Waals surface area (Å²) in [5.41, 5.74) is 0. The van der Waals surface area contributed by atoms with Crippen molar-refractivity contribution in [2.45, 2.75) is 19.0 Å². The Morgan fingerprint density at radius 3 is 3.09 bits per heavy atom. The minimum atomic E-state index is -0.758. The molecule has 1 aliphatic heterocycles. The van der Waals surface area contributed by atoms with E-state index < -0.39 is 6.17 Å². The van der Waals surface area contributed by atoms with Crippen molar-refractivity contribution in [2.24, 2.45) is 5.92 Å². The van der Waals surface area contributed by atoms with Crippen molar-refractivity contribution in [3.63, 3.8) is 0 Å². The van der Waals surface area contributed by atoms with Gasteiger partial charge in [-0.15, -0.1) is 0 Å². The zero-order valence-corrected chi connectivity index (χ0v) is 6.76. The summed E-state index contributed by atoms with van der Waals surface area (Å²) in [6, 6.07) is 2.02. The minimum Gasteiger partial charge on any atom is -0.306 e. The SMILES string of the molecule is CN1CC[C@@H](F)[C@@H](CC#N)C1. The van der Waals surface area contributed by atoms with E-state index in [1.165, 1.54) is 0 Å². The second-order valence-corrected chi connectivity index (χ2v) is 3.19. The first kappa shape index (κ1) is 8.48. The third-order valence-electron chi connectivity index (χ3n) is 2.20. The number of piperidine rings is 1. The number of halogens is 1. The highest BCUT2D eigenvalue weighted by atomic mass is 19.1. The number of hydrogen-bond acceptors (Lipinski definition) is 2. The fourth-order valence-corrected chi connectivity index (χ4v) is 1.50. The van der Waals surface area contributed by atoms with Crippen LogP contribution in [-0.2, 0) is 0 Å². The Labute approximate surface area is 66.6 Å². The van der Waals surface area contributed by atoms with E-state index in [1.807, 2.05) is 13.1 Å². The number of hydrogen-bond donors (Lipinski definition) is 0. The van der Waals surface area contributed by atoms with Gasteiger partial charge in [0.1, 0.15) is 6.17 Å². The van der Waals surface area contributed by atoms with Gasteiger partial charge < -0.3 is 4.90 Å². The monoisotopic (exact) mass is 156 g/mol. The summed E-state index contributed by atoms with van der Waals surface area (Å²) in [5.74, 6) is -0.0567. The molecule has 2 atom stereocenters. The highest BCUT2D eigenvalue weighted by Gasteiger charge is 2.26. The molecule has 11 heavy (non-hydrogen) atoms. The quantitative estimate of drug-likeness (QED) is 0.570. The van der Waals surface area contributed by atoms with Gasteiger partial charge in [-0.2, -0.15) is 5.26 Å². The van der Waals surface area contributed by atoms with Crippen molar-refractivity contribution in [2.75, 3.05) is 20.1 Å². The smallest absolute Gasteiger partial charge is 0.106 e. The summed E-state index contributed by atoms with van der Waals surface area (Å²) in [6.07, 6.45) is 0.180. The molecule has 0 spiro atoms. The molecule has 1 saturated heterocycles. The molecule has 0 aliphatic carbocycles. The fourth-order valence-electron chi connectivity index (χ4n) is 1.50.